The number of hydrogen-bond donors (Lipinski definition) is 2. The van der Waals surface area contributed by atoms with Gasteiger partial charge in [-0.15, -0.1) is 0 Å². The summed E-state index contributed by atoms with van der Waals surface area (Å²) in [6.45, 7) is 9.81. The Morgan fingerprint density at radius 3 is 2.48 bits per heavy atom. The Kier molecular flexibility index (Phi) is 7.21. The van der Waals surface area contributed by atoms with E-state index in [9.17, 15) is 8.42 Å². The van der Waals surface area contributed by atoms with E-state index < -0.39 is 10.0 Å². The van der Waals surface area contributed by atoms with Gasteiger partial charge in [0.25, 0.3) is 0 Å². The molecule has 0 aliphatic rings. The third-order valence-electron chi connectivity index (χ3n) is 5.08. The van der Waals surface area contributed by atoms with Crippen molar-refractivity contribution in [1.29, 1.82) is 0 Å². The molecule has 0 saturated carbocycles. The number of aryl methyl sites for hydroxylation is 2. The molecule has 0 amide bonds. The fraction of sp³-hybridized carbons (Fsp3) is 0.565. The number of nitrogens with zero attached hydrogens (tertiary/aromatic N) is 3. The van der Waals surface area contributed by atoms with Crippen LogP contribution in [0.2, 0.25) is 0 Å². The van der Waals surface area contributed by atoms with Crippen LogP contribution in [0.1, 0.15) is 59.2 Å². The number of unbranched alkanes of at least 4 members (excludes halogenated alkanes) is 2. The zero-order valence-corrected chi connectivity index (χ0v) is 20.1. The Morgan fingerprint density at radius 2 is 1.81 bits per heavy atom. The number of hydrogen-bond acceptors (Lipinski definition) is 5. The molecule has 1 aromatic carbocycles. The monoisotopic (exact) mass is 445 g/mol. The molecule has 0 bridgehead atoms. The van der Waals surface area contributed by atoms with Gasteiger partial charge in [-0.2, -0.15) is 0 Å². The van der Waals surface area contributed by atoms with Gasteiger partial charge in [0, 0.05) is 30.4 Å². The fourth-order valence-corrected chi connectivity index (χ4v) is 4.26. The Balaban J connectivity index is 2.04. The number of benzene rings is 1. The molecule has 0 aliphatic heterocycles. The lowest BCUT2D eigenvalue weighted by Gasteiger charge is -2.22. The van der Waals surface area contributed by atoms with Crippen LogP contribution in [0.25, 0.3) is 21.9 Å². The van der Waals surface area contributed by atoms with Crippen LogP contribution in [0.15, 0.2) is 24.3 Å². The molecule has 0 fully saturated rings. The molecule has 0 spiro atoms. The van der Waals surface area contributed by atoms with Crippen LogP contribution in [-0.2, 0) is 23.0 Å². The highest BCUT2D eigenvalue weighted by Crippen LogP contribution is 2.32. The first kappa shape index (κ1) is 23.5. The first-order valence-electron chi connectivity index (χ1n) is 11.1. The molecule has 0 saturated heterocycles. The molecule has 2 N–H and O–H groups in total. The van der Waals surface area contributed by atoms with E-state index in [4.69, 9.17) is 9.97 Å². The minimum atomic E-state index is -3.15. The normalized spacial score (nSPS) is 12.7. The van der Waals surface area contributed by atoms with Gasteiger partial charge in [-0.1, -0.05) is 31.5 Å². The second-order valence-corrected chi connectivity index (χ2v) is 11.0. The van der Waals surface area contributed by atoms with E-state index in [1.807, 2.05) is 18.2 Å². The predicted molar refractivity (Wildman–Crippen MR) is 129 cm³/mol. The van der Waals surface area contributed by atoms with Gasteiger partial charge in [-0.25, -0.2) is 23.1 Å². The first-order valence-corrected chi connectivity index (χ1v) is 13.0. The SMILES string of the molecule is CCCCc1nc2c(NC(C)(C)C)nc3ccccc3c2n1CCCCNS(C)(=O)=O. The van der Waals surface area contributed by atoms with Crippen LogP contribution >= 0.6 is 0 Å². The average molecular weight is 446 g/mol. The van der Waals surface area contributed by atoms with Crippen molar-refractivity contribution in [2.45, 2.75) is 71.9 Å². The number of rotatable bonds is 10. The zero-order chi connectivity index (χ0) is 22.6. The number of nitrogens with one attached hydrogen (secondary N) is 2. The molecule has 7 nitrogen and oxygen atoms in total. The van der Waals surface area contributed by atoms with Gasteiger partial charge >= 0.3 is 0 Å². The fourth-order valence-electron chi connectivity index (χ4n) is 3.74. The van der Waals surface area contributed by atoms with Gasteiger partial charge in [-0.3, -0.25) is 0 Å². The molecule has 0 aliphatic carbocycles. The van der Waals surface area contributed by atoms with Crippen LogP contribution in [0.3, 0.4) is 0 Å². The second kappa shape index (κ2) is 9.53. The number of imidazole rings is 1. The van der Waals surface area contributed by atoms with Gasteiger partial charge in [-0.05, 0) is 46.1 Å². The lowest BCUT2D eigenvalue weighted by atomic mass is 10.1. The number of fused-ring (bicyclic) bond motifs is 3. The second-order valence-electron chi connectivity index (χ2n) is 9.21. The largest absolute Gasteiger partial charge is 0.364 e. The quantitative estimate of drug-likeness (QED) is 0.450. The summed E-state index contributed by atoms with van der Waals surface area (Å²) in [5.74, 6) is 1.89. The van der Waals surface area contributed by atoms with Crippen molar-refractivity contribution in [3.8, 4) is 0 Å². The third kappa shape index (κ3) is 6.17. The number of sulfonamides is 1. The smallest absolute Gasteiger partial charge is 0.208 e. The van der Waals surface area contributed by atoms with Crippen molar-refractivity contribution in [3.05, 3.63) is 30.1 Å². The molecule has 2 heterocycles. The lowest BCUT2D eigenvalue weighted by molar-refractivity contribution is 0.565. The number of aromatic nitrogens is 3. The number of pyridine rings is 1. The van der Waals surface area contributed by atoms with E-state index in [2.05, 4.69) is 48.4 Å². The molecule has 0 radical (unpaired) electrons. The molecule has 0 atom stereocenters. The topological polar surface area (TPSA) is 88.9 Å². The zero-order valence-electron chi connectivity index (χ0n) is 19.3. The highest BCUT2D eigenvalue weighted by Gasteiger charge is 2.20. The van der Waals surface area contributed by atoms with Crippen molar-refractivity contribution in [2.75, 3.05) is 18.1 Å². The van der Waals surface area contributed by atoms with Gasteiger partial charge in [0.05, 0.1) is 17.3 Å². The standard InChI is InChI=1S/C23H35N5O2S/c1-6-7-14-19-26-20-21(28(19)16-11-10-15-24-31(5,29)30)17-12-8-9-13-18(17)25-22(20)27-23(2,3)4/h8-9,12-13,24H,6-7,10-11,14-16H2,1-5H3,(H,25,27). The molecular weight excluding hydrogens is 410 g/mol. The van der Waals surface area contributed by atoms with Crippen molar-refractivity contribution in [3.63, 3.8) is 0 Å². The maximum absolute atomic E-state index is 11.3. The van der Waals surface area contributed by atoms with E-state index in [0.29, 0.717) is 6.54 Å². The van der Waals surface area contributed by atoms with Crippen molar-refractivity contribution in [1.82, 2.24) is 19.3 Å². The molecule has 3 rings (SSSR count). The molecule has 8 heteroatoms. The van der Waals surface area contributed by atoms with E-state index in [-0.39, 0.29) is 5.54 Å². The van der Waals surface area contributed by atoms with Crippen LogP contribution in [0, 0.1) is 0 Å². The van der Waals surface area contributed by atoms with E-state index >= 15 is 0 Å². The van der Waals surface area contributed by atoms with Gasteiger partial charge < -0.3 is 9.88 Å². The molecule has 3 aromatic rings. The lowest BCUT2D eigenvalue weighted by Crippen LogP contribution is -2.26. The maximum Gasteiger partial charge on any atom is 0.208 e. The van der Waals surface area contributed by atoms with E-state index in [1.165, 1.54) is 6.26 Å². The minimum Gasteiger partial charge on any atom is -0.364 e. The number of para-hydroxylation sites is 1. The Bertz CT molecular complexity index is 1150. The minimum absolute atomic E-state index is 0.132. The van der Waals surface area contributed by atoms with Crippen LogP contribution in [0.4, 0.5) is 5.82 Å². The van der Waals surface area contributed by atoms with Crippen LogP contribution in [0.5, 0.6) is 0 Å². The Hall–Kier alpha value is -2.19. The summed E-state index contributed by atoms with van der Waals surface area (Å²) < 4.78 is 27.6. The maximum atomic E-state index is 11.3. The van der Waals surface area contributed by atoms with Crippen molar-refractivity contribution >= 4 is 37.8 Å². The molecular formula is C23H35N5O2S. The molecule has 0 unspecified atom stereocenters. The Labute approximate surface area is 185 Å². The van der Waals surface area contributed by atoms with Crippen molar-refractivity contribution in [2.24, 2.45) is 0 Å². The summed E-state index contributed by atoms with van der Waals surface area (Å²) in [5.41, 5.74) is 2.84. The summed E-state index contributed by atoms with van der Waals surface area (Å²) in [4.78, 5) is 9.95. The summed E-state index contributed by atoms with van der Waals surface area (Å²) in [7, 11) is -3.15. The summed E-state index contributed by atoms with van der Waals surface area (Å²) >= 11 is 0. The predicted octanol–water partition coefficient (Wildman–Crippen LogP) is 4.47. The number of anilines is 1. The van der Waals surface area contributed by atoms with Crippen LogP contribution < -0.4 is 10.0 Å². The summed E-state index contributed by atoms with van der Waals surface area (Å²) in [6.07, 6.45) is 5.93. The third-order valence-corrected chi connectivity index (χ3v) is 5.81. The molecule has 2 aromatic heterocycles. The van der Waals surface area contributed by atoms with Gasteiger partial charge in [0.2, 0.25) is 10.0 Å². The van der Waals surface area contributed by atoms with E-state index in [1.54, 1.807) is 0 Å². The van der Waals surface area contributed by atoms with E-state index in [0.717, 1.165) is 72.2 Å². The molecule has 31 heavy (non-hydrogen) atoms. The van der Waals surface area contributed by atoms with Crippen LogP contribution in [-0.4, -0.2) is 41.3 Å². The van der Waals surface area contributed by atoms with Crippen molar-refractivity contribution < 1.29 is 8.42 Å². The molecule has 170 valence electrons. The van der Waals surface area contributed by atoms with Gasteiger partial charge in [0.1, 0.15) is 11.3 Å². The highest BCUT2D eigenvalue weighted by molar-refractivity contribution is 7.88. The summed E-state index contributed by atoms with van der Waals surface area (Å²) in [6, 6.07) is 8.21. The average Bonchev–Trinajstić information content (AvgIpc) is 3.03. The van der Waals surface area contributed by atoms with Gasteiger partial charge in [0.15, 0.2) is 5.82 Å². The highest BCUT2D eigenvalue weighted by atomic mass is 32.2. The first-order chi connectivity index (χ1) is 14.6. The Morgan fingerprint density at radius 1 is 1.06 bits per heavy atom. The summed E-state index contributed by atoms with van der Waals surface area (Å²) in [5, 5.41) is 4.64.